The zero-order valence-corrected chi connectivity index (χ0v) is 17.5. The first-order valence-electron chi connectivity index (χ1n) is 8.52. The molecule has 0 aliphatic carbocycles. The van der Waals surface area contributed by atoms with Crippen molar-refractivity contribution in [3.8, 4) is 0 Å². The molecular weight excluding hydrogens is 412 g/mol. The van der Waals surface area contributed by atoms with Gasteiger partial charge in [-0.15, -0.1) is 4.78 Å². The van der Waals surface area contributed by atoms with Crippen LogP contribution in [0.2, 0.25) is 19.6 Å². The molecule has 1 amide bonds. The van der Waals surface area contributed by atoms with Crippen molar-refractivity contribution >= 4 is 31.6 Å². The Balaban J connectivity index is 0.000000238. The van der Waals surface area contributed by atoms with E-state index >= 15 is 0 Å². The maximum Gasteiger partial charge on any atom is 0.272 e. The van der Waals surface area contributed by atoms with Gasteiger partial charge in [0.25, 0.3) is 5.91 Å². The molecule has 3 rings (SSSR count). The van der Waals surface area contributed by atoms with Gasteiger partial charge in [-0.05, 0) is 59.0 Å². The minimum atomic E-state index is -1.45. The SMILES string of the molecule is C[Si](C)(C)N=[N+]=[N-].O=C1CN=NN1c1ccc(F)cc1.O=C=Nc1ccc(F)cc1. The van der Waals surface area contributed by atoms with E-state index in [4.69, 9.17) is 5.53 Å². The summed E-state index contributed by atoms with van der Waals surface area (Å²) in [5.74, 6) is -0.885. The van der Waals surface area contributed by atoms with Crippen molar-refractivity contribution in [2.24, 2.45) is 20.1 Å². The first-order chi connectivity index (χ1) is 14.2. The average Bonchev–Trinajstić information content (AvgIpc) is 3.11. The molecule has 0 saturated heterocycles. The molecule has 2 aromatic carbocycles. The highest BCUT2D eigenvalue weighted by Gasteiger charge is 2.19. The Morgan fingerprint density at radius 3 is 1.97 bits per heavy atom. The molecule has 1 aliphatic rings. The highest BCUT2D eigenvalue weighted by molar-refractivity contribution is 6.74. The predicted octanol–water partition coefficient (Wildman–Crippen LogP) is 5.46. The second-order valence-corrected chi connectivity index (χ2v) is 11.2. The van der Waals surface area contributed by atoms with Gasteiger partial charge >= 0.3 is 0 Å². The maximum atomic E-state index is 12.5. The van der Waals surface area contributed by atoms with Crippen molar-refractivity contribution < 1.29 is 18.4 Å². The topological polar surface area (TPSA) is 123 Å². The summed E-state index contributed by atoms with van der Waals surface area (Å²) in [6.45, 7) is 6.05. The normalized spacial score (nSPS) is 11.9. The first-order valence-corrected chi connectivity index (χ1v) is 12.0. The van der Waals surface area contributed by atoms with Crippen LogP contribution in [0.4, 0.5) is 20.2 Å². The molecule has 0 N–H and O–H groups in total. The van der Waals surface area contributed by atoms with Crippen molar-refractivity contribution in [1.82, 2.24) is 0 Å². The quantitative estimate of drug-likeness (QED) is 0.160. The third kappa shape index (κ3) is 9.47. The van der Waals surface area contributed by atoms with Gasteiger partial charge in [0.2, 0.25) is 6.08 Å². The van der Waals surface area contributed by atoms with Crippen molar-refractivity contribution in [2.75, 3.05) is 11.6 Å². The molecule has 0 atom stereocenters. The summed E-state index contributed by atoms with van der Waals surface area (Å²) in [5.41, 5.74) is 8.84. The second-order valence-electron chi connectivity index (χ2n) is 6.61. The monoisotopic (exact) mass is 431 g/mol. The first kappa shape index (κ1) is 24.3. The summed E-state index contributed by atoms with van der Waals surface area (Å²) in [7, 11) is -1.45. The van der Waals surface area contributed by atoms with E-state index in [1.807, 2.05) is 19.6 Å². The molecule has 12 heteroatoms. The number of isocyanates is 1. The third-order valence-corrected chi connectivity index (χ3v) is 3.70. The van der Waals surface area contributed by atoms with Crippen molar-refractivity contribution in [2.45, 2.75) is 19.6 Å². The third-order valence-electron chi connectivity index (χ3n) is 3.01. The molecule has 2 aromatic rings. The number of nitrogens with zero attached hydrogens (tertiary/aromatic N) is 7. The molecule has 156 valence electrons. The van der Waals surface area contributed by atoms with E-state index in [1.165, 1.54) is 54.6 Å². The number of hydrogen-bond acceptors (Lipinski definition) is 6. The molecular formula is C18H19F2N7O2Si. The minimum Gasteiger partial charge on any atom is -0.270 e. The van der Waals surface area contributed by atoms with Crippen LogP contribution in [-0.2, 0) is 9.59 Å². The van der Waals surface area contributed by atoms with Gasteiger partial charge in [-0.1, -0.05) is 24.9 Å². The average molecular weight is 431 g/mol. The Hall–Kier alpha value is -3.72. The molecule has 0 radical (unpaired) electrons. The number of halogens is 2. The van der Waals surface area contributed by atoms with Gasteiger partial charge < -0.3 is 0 Å². The molecule has 0 saturated carbocycles. The Kier molecular flexibility index (Phi) is 9.70. The molecule has 0 unspecified atom stereocenters. The number of carbonyl (C=O) groups is 1. The van der Waals surface area contributed by atoms with Crippen LogP contribution in [-0.4, -0.2) is 26.8 Å². The van der Waals surface area contributed by atoms with Crippen LogP contribution in [0.3, 0.4) is 0 Å². The minimum absolute atomic E-state index is 0.0668. The van der Waals surface area contributed by atoms with E-state index in [9.17, 15) is 18.4 Å². The van der Waals surface area contributed by atoms with Crippen molar-refractivity contribution in [1.29, 1.82) is 0 Å². The number of anilines is 1. The van der Waals surface area contributed by atoms with Gasteiger partial charge in [0.05, 0.1) is 11.4 Å². The van der Waals surface area contributed by atoms with Gasteiger partial charge in [0.1, 0.15) is 26.4 Å². The molecule has 0 bridgehead atoms. The van der Waals surface area contributed by atoms with Crippen molar-refractivity contribution in [3.05, 3.63) is 70.6 Å². The van der Waals surface area contributed by atoms with Gasteiger partial charge in [-0.3, -0.25) is 4.79 Å². The molecule has 0 aromatic heterocycles. The Bertz CT molecular complexity index is 964. The highest BCUT2D eigenvalue weighted by atomic mass is 28.3. The zero-order chi connectivity index (χ0) is 22.6. The van der Waals surface area contributed by atoms with Crippen LogP contribution in [0.15, 0.2) is 68.6 Å². The predicted molar refractivity (Wildman–Crippen MR) is 110 cm³/mol. The zero-order valence-electron chi connectivity index (χ0n) is 16.5. The molecule has 0 spiro atoms. The molecule has 30 heavy (non-hydrogen) atoms. The van der Waals surface area contributed by atoms with E-state index < -0.39 is 8.24 Å². The van der Waals surface area contributed by atoms with Gasteiger partial charge in [0, 0.05) is 0 Å². The number of azide groups is 1. The van der Waals surface area contributed by atoms with E-state index in [0.29, 0.717) is 11.4 Å². The Labute approximate surface area is 172 Å². The summed E-state index contributed by atoms with van der Waals surface area (Å²) in [5, 5.41) is 8.31. The standard InChI is InChI=1S/C8H6FN3O.C7H4FNO.C3H9N3Si/c9-6-1-3-7(4-2-6)12-8(13)5-10-11-12;8-6-1-3-7(4-2-6)9-5-10;1-7(2,3)6-5-4/h1-4H,5H2;1-4H;1-3H3. The van der Waals surface area contributed by atoms with E-state index in [-0.39, 0.29) is 24.1 Å². The molecule has 0 fully saturated rings. The number of aliphatic imine (C=N–C) groups is 1. The Morgan fingerprint density at radius 1 is 1.07 bits per heavy atom. The number of amides is 1. The van der Waals surface area contributed by atoms with E-state index in [2.05, 4.69) is 25.0 Å². The Morgan fingerprint density at radius 2 is 1.60 bits per heavy atom. The van der Waals surface area contributed by atoms with E-state index in [0.717, 1.165) is 5.01 Å². The summed E-state index contributed by atoms with van der Waals surface area (Å²) in [4.78, 5) is 26.7. The smallest absolute Gasteiger partial charge is 0.270 e. The lowest BCUT2D eigenvalue weighted by atomic mass is 10.3. The van der Waals surface area contributed by atoms with Crippen LogP contribution in [0.5, 0.6) is 0 Å². The molecule has 1 heterocycles. The summed E-state index contributed by atoms with van der Waals surface area (Å²) >= 11 is 0. The second kappa shape index (κ2) is 12.0. The number of benzene rings is 2. The summed E-state index contributed by atoms with van der Waals surface area (Å²) < 4.78 is 28.3. The number of rotatable bonds is 3. The lowest BCUT2D eigenvalue weighted by Crippen LogP contribution is -2.21. The fraction of sp³-hybridized carbons (Fsp3) is 0.222. The van der Waals surface area contributed by atoms with Crippen LogP contribution in [0, 0.1) is 11.6 Å². The fourth-order valence-corrected chi connectivity index (χ4v) is 2.02. The molecule has 9 nitrogen and oxygen atoms in total. The van der Waals surface area contributed by atoms with Crippen LogP contribution < -0.4 is 5.01 Å². The van der Waals surface area contributed by atoms with Gasteiger partial charge in [-0.2, -0.15) is 15.1 Å². The van der Waals surface area contributed by atoms with Crippen LogP contribution in [0.25, 0.3) is 10.4 Å². The lowest BCUT2D eigenvalue weighted by Gasteiger charge is -2.08. The molecule has 1 aliphatic heterocycles. The van der Waals surface area contributed by atoms with Gasteiger partial charge in [0.15, 0.2) is 0 Å². The summed E-state index contributed by atoms with van der Waals surface area (Å²) in [6, 6.07) is 10.8. The van der Waals surface area contributed by atoms with Crippen LogP contribution >= 0.6 is 0 Å². The number of hydrogen-bond donors (Lipinski definition) is 0. The van der Waals surface area contributed by atoms with E-state index in [1.54, 1.807) is 0 Å². The largest absolute Gasteiger partial charge is 0.272 e. The maximum absolute atomic E-state index is 12.5. The lowest BCUT2D eigenvalue weighted by molar-refractivity contribution is -0.116. The summed E-state index contributed by atoms with van der Waals surface area (Å²) in [6.07, 6.45) is 1.36. The van der Waals surface area contributed by atoms with Gasteiger partial charge in [-0.25, -0.2) is 13.6 Å². The highest BCUT2D eigenvalue weighted by Crippen LogP contribution is 2.18. The van der Waals surface area contributed by atoms with Crippen molar-refractivity contribution in [3.63, 3.8) is 0 Å². The fourth-order valence-electron chi connectivity index (χ4n) is 1.75. The van der Waals surface area contributed by atoms with Crippen LogP contribution in [0.1, 0.15) is 0 Å². The number of carbonyl (C=O) groups excluding carboxylic acids is 2.